The lowest BCUT2D eigenvalue weighted by Crippen LogP contribution is -2.30. The van der Waals surface area contributed by atoms with Gasteiger partial charge in [-0.1, -0.05) is 43.6 Å². The van der Waals surface area contributed by atoms with Crippen LogP contribution in [0.5, 0.6) is 0 Å². The van der Waals surface area contributed by atoms with Gasteiger partial charge in [-0.25, -0.2) is 0 Å². The van der Waals surface area contributed by atoms with Crippen molar-refractivity contribution < 1.29 is 0 Å². The molecule has 1 N–H and O–H groups in total. The molecule has 1 aliphatic heterocycles. The fourth-order valence-corrected chi connectivity index (χ4v) is 5.30. The Labute approximate surface area is 101 Å². The van der Waals surface area contributed by atoms with Crippen molar-refractivity contribution in [3.63, 3.8) is 0 Å². The number of benzene rings is 1. The molecular formula is C14H22NSi. The largest absolute Gasteiger partial charge is 0.385 e. The first-order valence-corrected chi connectivity index (χ1v) is 8.41. The van der Waals surface area contributed by atoms with E-state index in [4.69, 9.17) is 0 Å². The number of hydrogen-bond donors (Lipinski definition) is 1. The smallest absolute Gasteiger partial charge is 0.0530 e. The van der Waals surface area contributed by atoms with E-state index in [1.165, 1.54) is 36.3 Å². The van der Waals surface area contributed by atoms with Crippen LogP contribution in [0, 0.1) is 6.92 Å². The van der Waals surface area contributed by atoms with Crippen molar-refractivity contribution in [1.29, 1.82) is 0 Å². The molecule has 0 unspecified atom stereocenters. The van der Waals surface area contributed by atoms with E-state index in [1.54, 1.807) is 5.56 Å². The SMILES string of the molecule is CC[Si](CC)[C@H]1CNc2ccc(C)cc2C1. The highest BCUT2D eigenvalue weighted by Crippen LogP contribution is 2.31. The van der Waals surface area contributed by atoms with Gasteiger partial charge in [0.25, 0.3) is 0 Å². The van der Waals surface area contributed by atoms with Crippen molar-refractivity contribution in [3.05, 3.63) is 29.3 Å². The molecule has 0 amide bonds. The topological polar surface area (TPSA) is 12.0 Å². The number of fused-ring (bicyclic) bond motifs is 1. The van der Waals surface area contributed by atoms with Gasteiger partial charge in [0.2, 0.25) is 0 Å². The first-order valence-electron chi connectivity index (χ1n) is 6.42. The average molecular weight is 232 g/mol. The Morgan fingerprint density at radius 2 is 2.06 bits per heavy atom. The third kappa shape index (κ3) is 2.32. The van der Waals surface area contributed by atoms with Gasteiger partial charge >= 0.3 is 0 Å². The Balaban J connectivity index is 2.16. The monoisotopic (exact) mass is 232 g/mol. The van der Waals surface area contributed by atoms with E-state index in [9.17, 15) is 0 Å². The highest BCUT2D eigenvalue weighted by Gasteiger charge is 2.24. The van der Waals surface area contributed by atoms with Crippen LogP contribution in [0.15, 0.2) is 18.2 Å². The van der Waals surface area contributed by atoms with Gasteiger partial charge in [-0.05, 0) is 30.5 Å². The lowest BCUT2D eigenvalue weighted by atomic mass is 10.0. The van der Waals surface area contributed by atoms with Gasteiger partial charge in [0.15, 0.2) is 0 Å². The molecule has 87 valence electrons. The van der Waals surface area contributed by atoms with Gasteiger partial charge in [-0.3, -0.25) is 0 Å². The standard InChI is InChI=1S/C14H22NSi/c1-4-16(5-2)13-9-12-8-11(3)6-7-14(12)15-10-13/h6-8,13,15H,4-5,9-10H2,1-3H3/t13-/m1/s1. The molecular weight excluding hydrogens is 210 g/mol. The fourth-order valence-electron chi connectivity index (χ4n) is 2.75. The number of aryl methyl sites for hydroxylation is 1. The minimum absolute atomic E-state index is 0.141. The van der Waals surface area contributed by atoms with Crippen LogP contribution < -0.4 is 5.32 Å². The van der Waals surface area contributed by atoms with Crippen LogP contribution in [0.4, 0.5) is 5.69 Å². The van der Waals surface area contributed by atoms with Crippen molar-refractivity contribution in [2.75, 3.05) is 11.9 Å². The van der Waals surface area contributed by atoms with Gasteiger partial charge in [0.05, 0.1) is 8.80 Å². The van der Waals surface area contributed by atoms with Crippen LogP contribution in [0.2, 0.25) is 17.6 Å². The lowest BCUT2D eigenvalue weighted by Gasteiger charge is -2.30. The molecule has 1 nitrogen and oxygen atoms in total. The highest BCUT2D eigenvalue weighted by atomic mass is 28.3. The van der Waals surface area contributed by atoms with Crippen molar-refractivity contribution in [2.24, 2.45) is 0 Å². The van der Waals surface area contributed by atoms with Crippen molar-refractivity contribution in [3.8, 4) is 0 Å². The van der Waals surface area contributed by atoms with Gasteiger partial charge in [0, 0.05) is 12.2 Å². The van der Waals surface area contributed by atoms with E-state index in [0.717, 1.165) is 5.54 Å². The summed E-state index contributed by atoms with van der Waals surface area (Å²) < 4.78 is 0. The summed E-state index contributed by atoms with van der Waals surface area (Å²) >= 11 is 0. The van der Waals surface area contributed by atoms with Gasteiger partial charge < -0.3 is 5.32 Å². The van der Waals surface area contributed by atoms with Gasteiger partial charge in [-0.15, -0.1) is 0 Å². The summed E-state index contributed by atoms with van der Waals surface area (Å²) in [4.78, 5) is 0. The Morgan fingerprint density at radius 1 is 1.31 bits per heavy atom. The summed E-state index contributed by atoms with van der Waals surface area (Å²) in [5.41, 5.74) is 5.23. The molecule has 2 rings (SSSR count). The molecule has 1 aromatic carbocycles. The average Bonchev–Trinajstić information content (AvgIpc) is 2.30. The third-order valence-electron chi connectivity index (χ3n) is 3.75. The number of hydrogen-bond acceptors (Lipinski definition) is 1. The summed E-state index contributed by atoms with van der Waals surface area (Å²) in [6.07, 6.45) is 1.31. The van der Waals surface area contributed by atoms with Crippen LogP contribution in [0.3, 0.4) is 0 Å². The summed E-state index contributed by atoms with van der Waals surface area (Å²) in [5, 5.41) is 3.61. The molecule has 0 saturated carbocycles. The molecule has 0 fully saturated rings. The van der Waals surface area contributed by atoms with Crippen molar-refractivity contribution >= 4 is 14.5 Å². The van der Waals surface area contributed by atoms with E-state index in [0.29, 0.717) is 0 Å². The second kappa shape index (κ2) is 5.04. The lowest BCUT2D eigenvalue weighted by molar-refractivity contribution is 0.795. The zero-order chi connectivity index (χ0) is 11.5. The predicted octanol–water partition coefficient (Wildman–Crippen LogP) is 3.87. The third-order valence-corrected chi connectivity index (χ3v) is 7.13. The second-order valence-electron chi connectivity index (χ2n) is 4.81. The Morgan fingerprint density at radius 3 is 2.75 bits per heavy atom. The van der Waals surface area contributed by atoms with Crippen LogP contribution in [0.1, 0.15) is 25.0 Å². The Kier molecular flexibility index (Phi) is 3.69. The maximum atomic E-state index is 3.61. The van der Waals surface area contributed by atoms with E-state index >= 15 is 0 Å². The Hall–Kier alpha value is -0.763. The maximum Gasteiger partial charge on any atom is 0.0530 e. The zero-order valence-corrected chi connectivity index (χ0v) is 11.6. The number of rotatable bonds is 3. The van der Waals surface area contributed by atoms with E-state index in [2.05, 4.69) is 44.3 Å². The first kappa shape index (κ1) is 11.7. The fraction of sp³-hybridized carbons (Fsp3) is 0.571. The Bertz CT molecular complexity index is 358. The second-order valence-corrected chi connectivity index (χ2v) is 8.36. The normalized spacial score (nSPS) is 19.4. The molecule has 1 radical (unpaired) electrons. The highest BCUT2D eigenvalue weighted by molar-refractivity contribution is 6.60. The van der Waals surface area contributed by atoms with E-state index in [1.807, 2.05) is 0 Å². The van der Waals surface area contributed by atoms with Crippen LogP contribution in [0.25, 0.3) is 0 Å². The zero-order valence-electron chi connectivity index (χ0n) is 10.6. The van der Waals surface area contributed by atoms with Crippen LogP contribution in [-0.2, 0) is 6.42 Å². The molecule has 1 atom stereocenters. The van der Waals surface area contributed by atoms with Crippen LogP contribution in [-0.4, -0.2) is 15.3 Å². The predicted molar refractivity (Wildman–Crippen MR) is 73.8 cm³/mol. The van der Waals surface area contributed by atoms with Crippen molar-refractivity contribution in [2.45, 2.75) is 44.8 Å². The van der Waals surface area contributed by atoms with Crippen molar-refractivity contribution in [1.82, 2.24) is 0 Å². The molecule has 2 heteroatoms. The van der Waals surface area contributed by atoms with Gasteiger partial charge in [0.1, 0.15) is 0 Å². The van der Waals surface area contributed by atoms with Crippen LogP contribution >= 0.6 is 0 Å². The molecule has 16 heavy (non-hydrogen) atoms. The molecule has 1 aliphatic rings. The molecule has 0 saturated heterocycles. The summed E-state index contributed by atoms with van der Waals surface area (Å²) in [6.45, 7) is 8.12. The summed E-state index contributed by atoms with van der Waals surface area (Å²) in [6, 6.07) is 9.63. The number of anilines is 1. The molecule has 1 heterocycles. The molecule has 0 bridgehead atoms. The molecule has 0 spiro atoms. The summed E-state index contributed by atoms with van der Waals surface area (Å²) in [7, 11) is -0.141. The molecule has 1 aromatic rings. The van der Waals surface area contributed by atoms with E-state index in [-0.39, 0.29) is 8.80 Å². The number of nitrogens with one attached hydrogen (secondary N) is 1. The minimum atomic E-state index is -0.141. The molecule has 0 aromatic heterocycles. The minimum Gasteiger partial charge on any atom is -0.385 e. The van der Waals surface area contributed by atoms with Gasteiger partial charge in [-0.2, -0.15) is 0 Å². The quantitative estimate of drug-likeness (QED) is 0.780. The maximum absolute atomic E-state index is 3.61. The molecule has 0 aliphatic carbocycles. The van der Waals surface area contributed by atoms with E-state index < -0.39 is 0 Å². The first-order chi connectivity index (χ1) is 7.74. The summed E-state index contributed by atoms with van der Waals surface area (Å²) in [5.74, 6) is 0.